The lowest BCUT2D eigenvalue weighted by Crippen LogP contribution is -2.41. The lowest BCUT2D eigenvalue weighted by Gasteiger charge is -2.25. The minimum Gasteiger partial charge on any atom is -0.454 e. The molecule has 0 saturated heterocycles. The first-order valence-corrected chi connectivity index (χ1v) is 11.5. The summed E-state index contributed by atoms with van der Waals surface area (Å²) in [5.74, 6) is 3.69. The van der Waals surface area contributed by atoms with Gasteiger partial charge in [0.15, 0.2) is 0 Å². The highest BCUT2D eigenvalue weighted by molar-refractivity contribution is 6.20. The maximum absolute atomic E-state index is 14.0. The van der Waals surface area contributed by atoms with Gasteiger partial charge in [-0.25, -0.2) is 4.79 Å². The van der Waals surface area contributed by atoms with Crippen LogP contribution in [0.15, 0.2) is 77.2 Å². The molecule has 2 unspecified atom stereocenters. The third kappa shape index (κ3) is 4.83. The van der Waals surface area contributed by atoms with Crippen molar-refractivity contribution in [3.63, 3.8) is 0 Å². The highest BCUT2D eigenvalue weighted by Gasteiger charge is 2.54. The van der Waals surface area contributed by atoms with E-state index in [9.17, 15) is 27.9 Å². The topological polar surface area (TPSA) is 68.5 Å². The zero-order valence-electron chi connectivity index (χ0n) is 20.4. The monoisotopic (exact) mass is 507 g/mol. The van der Waals surface area contributed by atoms with Gasteiger partial charge in [0.25, 0.3) is 5.56 Å². The smallest absolute Gasteiger partial charge is 0.433 e. The maximum Gasteiger partial charge on any atom is 0.433 e. The van der Waals surface area contributed by atoms with Gasteiger partial charge in [0, 0.05) is 41.9 Å². The number of aryl methyl sites for hydroxylation is 1. The van der Waals surface area contributed by atoms with Crippen molar-refractivity contribution in [2.45, 2.75) is 38.1 Å². The fourth-order valence-corrected chi connectivity index (χ4v) is 4.34. The van der Waals surface area contributed by atoms with Gasteiger partial charge < -0.3 is 14.4 Å². The van der Waals surface area contributed by atoms with Gasteiger partial charge in [-0.05, 0) is 25.3 Å². The minimum atomic E-state index is -5.11. The van der Waals surface area contributed by atoms with Crippen LogP contribution in [0, 0.1) is 11.8 Å². The predicted octanol–water partition coefficient (Wildman–Crippen LogP) is 4.82. The lowest BCUT2D eigenvalue weighted by atomic mass is 9.92. The zero-order valence-corrected chi connectivity index (χ0v) is 20.4. The summed E-state index contributed by atoms with van der Waals surface area (Å²) in [6.07, 6.45) is -4.32. The molecule has 0 spiro atoms. The molecule has 2 atom stereocenters. The van der Waals surface area contributed by atoms with Gasteiger partial charge in [-0.1, -0.05) is 72.2 Å². The van der Waals surface area contributed by atoms with Crippen LogP contribution in [0.4, 0.5) is 13.2 Å². The molecule has 37 heavy (non-hydrogen) atoms. The number of carbonyl (C=O) groups excluding carboxylic acids is 1. The number of rotatable bonds is 4. The molecule has 4 rings (SSSR count). The predicted molar refractivity (Wildman–Crippen MR) is 132 cm³/mol. The van der Waals surface area contributed by atoms with Crippen LogP contribution in [0.3, 0.4) is 0 Å². The number of pyridine rings is 1. The first-order valence-electron chi connectivity index (χ1n) is 11.5. The Hall–Kier alpha value is -4.09. The highest BCUT2D eigenvalue weighted by atomic mass is 19.4. The molecule has 1 heterocycles. The van der Waals surface area contributed by atoms with Crippen molar-refractivity contribution in [2.75, 3.05) is 0 Å². The van der Waals surface area contributed by atoms with Gasteiger partial charge in [-0.3, -0.25) is 4.79 Å². The number of hydrogen-bond donors (Lipinski definition) is 1. The average Bonchev–Trinajstić information content (AvgIpc) is 3.23. The van der Waals surface area contributed by atoms with Crippen molar-refractivity contribution in [1.82, 2.24) is 4.57 Å². The summed E-state index contributed by atoms with van der Waals surface area (Å²) in [6.45, 7) is 3.36. The number of halogens is 3. The number of fused-ring (bicyclic) bond motifs is 1. The molecule has 0 amide bonds. The molecule has 5 nitrogen and oxygen atoms in total. The van der Waals surface area contributed by atoms with Crippen LogP contribution >= 0.6 is 0 Å². The SMILES string of the molecule is CC1=C(C(=O)OC(C)c2ccccc2)c2c(C#CC(O)(c3ccccc3)C(F)(F)F)cn(C)c(=O)c2C1. The number of alkyl halides is 3. The molecule has 0 radical (unpaired) electrons. The van der Waals surface area contributed by atoms with E-state index >= 15 is 0 Å². The Kier molecular flexibility index (Phi) is 6.85. The molecule has 1 aliphatic carbocycles. The van der Waals surface area contributed by atoms with Gasteiger partial charge in [0.2, 0.25) is 5.60 Å². The molecule has 1 aliphatic rings. The van der Waals surface area contributed by atoms with Crippen molar-refractivity contribution in [3.05, 3.63) is 111 Å². The van der Waals surface area contributed by atoms with Crippen LogP contribution in [0.5, 0.6) is 0 Å². The number of esters is 1. The molecule has 0 fully saturated rings. The second-order valence-corrected chi connectivity index (χ2v) is 8.93. The van der Waals surface area contributed by atoms with Gasteiger partial charge in [-0.15, -0.1) is 0 Å². The number of hydrogen-bond acceptors (Lipinski definition) is 4. The summed E-state index contributed by atoms with van der Waals surface area (Å²) in [5.41, 5.74) is -2.53. The van der Waals surface area contributed by atoms with Crippen LogP contribution in [0.25, 0.3) is 5.57 Å². The molecule has 0 bridgehead atoms. The normalized spacial score (nSPS) is 15.3. The van der Waals surface area contributed by atoms with E-state index in [1.54, 1.807) is 38.1 Å². The summed E-state index contributed by atoms with van der Waals surface area (Å²) in [7, 11) is 1.45. The molecule has 1 N–H and O–H groups in total. The molecular formula is C29H24F3NO4. The Morgan fingerprint density at radius 3 is 2.27 bits per heavy atom. The quantitative estimate of drug-likeness (QED) is 0.406. The summed E-state index contributed by atoms with van der Waals surface area (Å²) >= 11 is 0. The second-order valence-electron chi connectivity index (χ2n) is 8.93. The van der Waals surface area contributed by atoms with Gasteiger partial charge >= 0.3 is 12.1 Å². The second kappa shape index (κ2) is 9.75. The lowest BCUT2D eigenvalue weighted by molar-refractivity contribution is -0.240. The highest BCUT2D eigenvalue weighted by Crippen LogP contribution is 2.39. The molecule has 2 aromatic carbocycles. The Morgan fingerprint density at radius 1 is 1.08 bits per heavy atom. The van der Waals surface area contributed by atoms with E-state index in [1.165, 1.54) is 36.0 Å². The van der Waals surface area contributed by atoms with Crippen LogP contribution in [-0.4, -0.2) is 21.8 Å². The van der Waals surface area contributed by atoms with Crippen LogP contribution in [0.1, 0.15) is 47.8 Å². The van der Waals surface area contributed by atoms with Crippen molar-refractivity contribution < 1.29 is 27.8 Å². The van der Waals surface area contributed by atoms with Crippen molar-refractivity contribution in [2.24, 2.45) is 7.05 Å². The summed E-state index contributed by atoms with van der Waals surface area (Å²) in [4.78, 5) is 26.1. The minimum absolute atomic E-state index is 0.00636. The molecule has 190 valence electrons. The van der Waals surface area contributed by atoms with Crippen molar-refractivity contribution >= 4 is 11.5 Å². The first-order chi connectivity index (χ1) is 17.4. The molecule has 3 aromatic rings. The average molecular weight is 508 g/mol. The third-order valence-corrected chi connectivity index (χ3v) is 6.33. The number of nitrogens with zero attached hydrogens (tertiary/aromatic N) is 1. The van der Waals surface area contributed by atoms with Crippen LogP contribution in [-0.2, 0) is 28.6 Å². The fraction of sp³-hybridized carbons (Fsp3) is 0.241. The Labute approximate surface area is 211 Å². The van der Waals surface area contributed by atoms with Gasteiger partial charge in [0.1, 0.15) is 6.10 Å². The van der Waals surface area contributed by atoms with E-state index in [-0.39, 0.29) is 28.7 Å². The maximum atomic E-state index is 14.0. The molecule has 0 aliphatic heterocycles. The van der Waals surface area contributed by atoms with E-state index in [4.69, 9.17) is 4.74 Å². The van der Waals surface area contributed by atoms with E-state index in [0.29, 0.717) is 5.57 Å². The van der Waals surface area contributed by atoms with Crippen molar-refractivity contribution in [1.29, 1.82) is 0 Å². The van der Waals surface area contributed by atoms with Crippen LogP contribution < -0.4 is 5.56 Å². The molecule has 1 aromatic heterocycles. The van der Waals surface area contributed by atoms with E-state index < -0.39 is 35.0 Å². The molecule has 8 heteroatoms. The van der Waals surface area contributed by atoms with Crippen molar-refractivity contribution in [3.8, 4) is 11.8 Å². The Morgan fingerprint density at radius 2 is 1.68 bits per heavy atom. The van der Waals surface area contributed by atoms with E-state index in [0.717, 1.165) is 17.7 Å². The molecule has 0 saturated carbocycles. The third-order valence-electron chi connectivity index (χ3n) is 6.33. The van der Waals surface area contributed by atoms with Gasteiger partial charge in [0.05, 0.1) is 5.57 Å². The van der Waals surface area contributed by atoms with E-state index in [2.05, 4.69) is 5.92 Å². The number of allylic oxidation sites excluding steroid dienone is 1. The molecular weight excluding hydrogens is 483 g/mol. The number of carbonyl (C=O) groups is 1. The Bertz CT molecular complexity index is 1500. The summed E-state index contributed by atoms with van der Waals surface area (Å²) in [6, 6.07) is 15.6. The summed E-state index contributed by atoms with van der Waals surface area (Å²) in [5, 5.41) is 10.7. The van der Waals surface area contributed by atoms with Gasteiger partial charge in [-0.2, -0.15) is 13.2 Å². The number of ether oxygens (including phenoxy) is 1. The summed E-state index contributed by atoms with van der Waals surface area (Å²) < 4.78 is 48.8. The largest absolute Gasteiger partial charge is 0.454 e. The standard InChI is InChI=1S/C29H24F3NO4/c1-18-16-23-25(24(18)27(35)37-19(2)20-10-6-4-7-11-20)21(17-33(3)26(23)34)14-15-28(36,29(30,31)32)22-12-8-5-9-13-22/h4-13,17,19,36H,16H2,1-3H3. The number of aliphatic hydroxyl groups is 1. The van der Waals surface area contributed by atoms with Crippen LogP contribution in [0.2, 0.25) is 0 Å². The number of benzene rings is 2. The first kappa shape index (κ1) is 26.0. The Balaban J connectivity index is 1.81. The fourth-order valence-electron chi connectivity index (χ4n) is 4.34. The number of aromatic nitrogens is 1. The zero-order chi connectivity index (χ0) is 27.0. The van der Waals surface area contributed by atoms with E-state index in [1.807, 2.05) is 12.0 Å².